The van der Waals surface area contributed by atoms with Gasteiger partial charge < -0.3 is 14.8 Å². The molecule has 0 aliphatic carbocycles. The first-order valence-corrected chi connectivity index (χ1v) is 12.5. The van der Waals surface area contributed by atoms with Crippen LogP contribution in [-0.4, -0.2) is 40.4 Å². The normalized spacial score (nSPS) is 10.9. The summed E-state index contributed by atoms with van der Waals surface area (Å²) in [7, 11) is 3.17. The van der Waals surface area contributed by atoms with E-state index >= 15 is 0 Å². The van der Waals surface area contributed by atoms with E-state index < -0.39 is 0 Å². The van der Waals surface area contributed by atoms with Crippen LogP contribution in [0, 0.1) is 0 Å². The van der Waals surface area contributed by atoms with Crippen LogP contribution in [0.2, 0.25) is 0 Å². The van der Waals surface area contributed by atoms with Crippen LogP contribution >= 0.6 is 23.1 Å². The molecule has 4 aromatic rings. The molecule has 4 rings (SSSR count). The van der Waals surface area contributed by atoms with Crippen LogP contribution in [0.5, 0.6) is 11.5 Å². The van der Waals surface area contributed by atoms with Gasteiger partial charge in [-0.05, 0) is 37.3 Å². The molecule has 176 valence electrons. The van der Waals surface area contributed by atoms with Crippen molar-refractivity contribution in [2.45, 2.75) is 25.0 Å². The Kier molecular flexibility index (Phi) is 7.49. The number of fused-ring (bicyclic) bond motifs is 1. The number of methoxy groups -OCH3 is 2. The Balaban J connectivity index is 1.38. The summed E-state index contributed by atoms with van der Waals surface area (Å²) < 4.78 is 12.3. The van der Waals surface area contributed by atoms with E-state index in [0.29, 0.717) is 45.0 Å². The van der Waals surface area contributed by atoms with Crippen molar-refractivity contribution >= 4 is 45.0 Å². The summed E-state index contributed by atoms with van der Waals surface area (Å²) in [5.74, 6) is 1.60. The zero-order chi connectivity index (χ0) is 24.1. The Bertz CT molecular complexity index is 1380. The summed E-state index contributed by atoms with van der Waals surface area (Å²) in [6.07, 6.45) is 0.266. The molecule has 0 saturated heterocycles. The van der Waals surface area contributed by atoms with Gasteiger partial charge in [-0.25, -0.2) is 9.97 Å². The number of thioether (sulfide) groups is 1. The van der Waals surface area contributed by atoms with Crippen LogP contribution in [0.25, 0.3) is 22.2 Å². The molecule has 1 amide bonds. The quantitative estimate of drug-likeness (QED) is 0.266. The van der Waals surface area contributed by atoms with Crippen molar-refractivity contribution in [3.8, 4) is 22.8 Å². The van der Waals surface area contributed by atoms with Gasteiger partial charge >= 0.3 is 0 Å². The number of amides is 1. The van der Waals surface area contributed by atoms with Gasteiger partial charge in [0.1, 0.15) is 0 Å². The maximum absolute atomic E-state index is 12.7. The molecule has 0 bridgehead atoms. The van der Waals surface area contributed by atoms with Crippen LogP contribution in [0.4, 0.5) is 5.13 Å². The van der Waals surface area contributed by atoms with Crippen molar-refractivity contribution < 1.29 is 14.3 Å². The summed E-state index contributed by atoms with van der Waals surface area (Å²) >= 11 is 2.75. The molecule has 10 heteroatoms. The number of carbonyl (C=O) groups excluding carboxylic acids is 1. The summed E-state index contributed by atoms with van der Waals surface area (Å²) in [6.45, 7) is 2.43. The minimum atomic E-state index is -0.146. The third kappa shape index (κ3) is 5.07. The Morgan fingerprint density at radius 2 is 1.91 bits per heavy atom. The van der Waals surface area contributed by atoms with Gasteiger partial charge in [-0.3, -0.25) is 14.2 Å². The second kappa shape index (κ2) is 10.7. The molecule has 0 radical (unpaired) electrons. The molecule has 0 aliphatic rings. The van der Waals surface area contributed by atoms with Crippen molar-refractivity contribution in [1.29, 1.82) is 0 Å². The molecular formula is C24H24N4O4S2. The number of anilines is 1. The van der Waals surface area contributed by atoms with E-state index in [0.717, 1.165) is 11.3 Å². The monoisotopic (exact) mass is 496 g/mol. The zero-order valence-electron chi connectivity index (χ0n) is 19.0. The molecule has 1 N–H and O–H groups in total. The number of rotatable bonds is 9. The summed E-state index contributed by atoms with van der Waals surface area (Å²) in [6, 6.07) is 12.9. The Morgan fingerprint density at radius 1 is 1.12 bits per heavy atom. The number of nitrogens with one attached hydrogen (secondary N) is 1. The molecule has 0 aliphatic heterocycles. The Labute approximate surface area is 205 Å². The van der Waals surface area contributed by atoms with Crippen LogP contribution in [-0.2, 0) is 11.3 Å². The van der Waals surface area contributed by atoms with Crippen LogP contribution < -0.4 is 20.3 Å². The lowest BCUT2D eigenvalue weighted by Crippen LogP contribution is -2.22. The number of ether oxygens (including phenoxy) is 2. The fourth-order valence-electron chi connectivity index (χ4n) is 3.41. The van der Waals surface area contributed by atoms with E-state index in [4.69, 9.17) is 9.47 Å². The van der Waals surface area contributed by atoms with E-state index in [1.165, 1.54) is 23.1 Å². The number of carbonyl (C=O) groups is 1. The molecule has 2 aromatic carbocycles. The van der Waals surface area contributed by atoms with Crippen LogP contribution in [0.15, 0.2) is 57.8 Å². The molecule has 2 heterocycles. The predicted octanol–water partition coefficient (Wildman–Crippen LogP) is 4.68. The fourth-order valence-corrected chi connectivity index (χ4v) is 5.15. The van der Waals surface area contributed by atoms with Crippen molar-refractivity contribution in [1.82, 2.24) is 14.5 Å². The first kappa shape index (κ1) is 23.8. The van der Waals surface area contributed by atoms with E-state index in [1.807, 2.05) is 48.7 Å². The number of nitrogens with zero attached hydrogens (tertiary/aromatic N) is 3. The van der Waals surface area contributed by atoms with Crippen LogP contribution in [0.3, 0.4) is 0 Å². The molecule has 0 saturated carbocycles. The minimum absolute atomic E-state index is 0.0643. The van der Waals surface area contributed by atoms with Gasteiger partial charge in [-0.15, -0.1) is 11.3 Å². The molecule has 0 spiro atoms. The van der Waals surface area contributed by atoms with Gasteiger partial charge in [0.2, 0.25) is 5.91 Å². The van der Waals surface area contributed by atoms with Gasteiger partial charge in [0.05, 0.1) is 30.8 Å². The number of benzene rings is 2. The highest BCUT2D eigenvalue weighted by Crippen LogP contribution is 2.33. The molecule has 2 aromatic heterocycles. The van der Waals surface area contributed by atoms with Gasteiger partial charge in [0.15, 0.2) is 21.8 Å². The first-order chi connectivity index (χ1) is 16.5. The smallest absolute Gasteiger partial charge is 0.262 e. The third-order valence-corrected chi connectivity index (χ3v) is 6.87. The van der Waals surface area contributed by atoms with Gasteiger partial charge in [0, 0.05) is 29.7 Å². The second-order valence-corrected chi connectivity index (χ2v) is 9.14. The SMILES string of the molecule is CCn1c(SCCC(=O)Nc2nc(-c3ccc(OC)c(OC)c3)cs2)nc2ccccc2c1=O. The van der Waals surface area contributed by atoms with E-state index in [-0.39, 0.29) is 17.9 Å². The van der Waals surface area contributed by atoms with Gasteiger partial charge in [-0.1, -0.05) is 23.9 Å². The fraction of sp³-hybridized carbons (Fsp3) is 0.250. The summed E-state index contributed by atoms with van der Waals surface area (Å²) in [5.41, 5.74) is 2.20. The van der Waals surface area contributed by atoms with Crippen LogP contribution in [0.1, 0.15) is 13.3 Å². The van der Waals surface area contributed by atoms with Gasteiger partial charge in [-0.2, -0.15) is 0 Å². The average Bonchev–Trinajstić information content (AvgIpc) is 3.32. The Morgan fingerprint density at radius 3 is 2.68 bits per heavy atom. The molecular weight excluding hydrogens is 472 g/mol. The predicted molar refractivity (Wildman–Crippen MR) is 136 cm³/mol. The molecule has 8 nitrogen and oxygen atoms in total. The highest BCUT2D eigenvalue weighted by Gasteiger charge is 2.13. The van der Waals surface area contributed by atoms with Gasteiger partial charge in [0.25, 0.3) is 5.56 Å². The topological polar surface area (TPSA) is 95.3 Å². The van der Waals surface area contributed by atoms with E-state index in [2.05, 4.69) is 15.3 Å². The molecule has 0 fully saturated rings. The first-order valence-electron chi connectivity index (χ1n) is 10.6. The van der Waals surface area contributed by atoms with Crippen molar-refractivity contribution in [2.75, 3.05) is 25.3 Å². The van der Waals surface area contributed by atoms with E-state index in [9.17, 15) is 9.59 Å². The lowest BCUT2D eigenvalue weighted by Gasteiger charge is -2.11. The Hall–Kier alpha value is -3.37. The van der Waals surface area contributed by atoms with E-state index in [1.54, 1.807) is 24.9 Å². The zero-order valence-corrected chi connectivity index (χ0v) is 20.7. The number of para-hydroxylation sites is 1. The highest BCUT2D eigenvalue weighted by atomic mass is 32.2. The maximum Gasteiger partial charge on any atom is 0.262 e. The molecule has 0 unspecified atom stereocenters. The average molecular weight is 497 g/mol. The maximum atomic E-state index is 12.7. The minimum Gasteiger partial charge on any atom is -0.493 e. The summed E-state index contributed by atoms with van der Waals surface area (Å²) in [4.78, 5) is 34.3. The lowest BCUT2D eigenvalue weighted by atomic mass is 10.1. The largest absolute Gasteiger partial charge is 0.493 e. The summed E-state index contributed by atoms with van der Waals surface area (Å²) in [5, 5.41) is 6.46. The number of hydrogen-bond donors (Lipinski definition) is 1. The number of aromatic nitrogens is 3. The number of hydrogen-bond acceptors (Lipinski definition) is 8. The standard InChI is InChI=1S/C24H24N4O4S2/c1-4-28-22(30)16-7-5-6-8-17(16)26-24(28)33-12-11-21(29)27-23-25-18(14-34-23)15-9-10-19(31-2)20(13-15)32-3/h5-10,13-14H,4,11-12H2,1-3H3,(H,25,27,29). The highest BCUT2D eigenvalue weighted by molar-refractivity contribution is 7.99. The van der Waals surface area contributed by atoms with Crippen molar-refractivity contribution in [3.63, 3.8) is 0 Å². The number of thiazole rings is 1. The lowest BCUT2D eigenvalue weighted by molar-refractivity contribution is -0.115. The second-order valence-electron chi connectivity index (χ2n) is 7.22. The van der Waals surface area contributed by atoms with Crippen molar-refractivity contribution in [2.24, 2.45) is 0 Å². The third-order valence-electron chi connectivity index (χ3n) is 5.13. The molecule has 34 heavy (non-hydrogen) atoms. The molecule has 0 atom stereocenters. The van der Waals surface area contributed by atoms with Crippen molar-refractivity contribution in [3.05, 3.63) is 58.2 Å².